The van der Waals surface area contributed by atoms with E-state index in [1.807, 2.05) is 0 Å². The molecule has 2 N–H and O–H groups in total. The number of methoxy groups -OCH3 is 1. The summed E-state index contributed by atoms with van der Waals surface area (Å²) < 4.78 is 4.52. The fourth-order valence-electron chi connectivity index (χ4n) is 1.15. The number of amides is 1. The lowest BCUT2D eigenvalue weighted by atomic mass is 10.3. The number of hydrogen-bond acceptors (Lipinski definition) is 4. The van der Waals surface area contributed by atoms with Gasteiger partial charge in [-0.2, -0.15) is 0 Å². The zero-order valence-electron chi connectivity index (χ0n) is 9.21. The maximum atomic E-state index is 11.3. The smallest absolute Gasteiger partial charge is 0.322 e. The molecule has 1 amide bonds. The highest BCUT2D eigenvalue weighted by Gasteiger charge is 2.21. The molecule has 0 aromatic rings. The van der Waals surface area contributed by atoms with Gasteiger partial charge < -0.3 is 10.1 Å². The van der Waals surface area contributed by atoms with Crippen LogP contribution in [0.1, 0.15) is 19.8 Å². The van der Waals surface area contributed by atoms with E-state index in [4.69, 9.17) is 0 Å². The molecular weight excluding hydrogens is 196 g/mol. The minimum Gasteiger partial charge on any atom is -0.468 e. The third kappa shape index (κ3) is 4.78. The predicted molar refractivity (Wildman–Crippen MR) is 55.2 cm³/mol. The lowest BCUT2D eigenvalue weighted by Gasteiger charge is -2.11. The van der Waals surface area contributed by atoms with Crippen molar-refractivity contribution < 1.29 is 14.3 Å². The van der Waals surface area contributed by atoms with Gasteiger partial charge in [0.2, 0.25) is 5.91 Å². The highest BCUT2D eigenvalue weighted by Crippen LogP contribution is 2.27. The summed E-state index contributed by atoms with van der Waals surface area (Å²) >= 11 is 0. The van der Waals surface area contributed by atoms with Gasteiger partial charge in [-0.3, -0.25) is 14.9 Å². The lowest BCUT2D eigenvalue weighted by molar-refractivity contribution is -0.142. The van der Waals surface area contributed by atoms with Crippen molar-refractivity contribution in [2.45, 2.75) is 25.8 Å². The first-order valence-corrected chi connectivity index (χ1v) is 5.21. The maximum Gasteiger partial charge on any atom is 0.322 e. The average molecular weight is 214 g/mol. The molecule has 0 spiro atoms. The molecule has 0 saturated heterocycles. The predicted octanol–water partition coefficient (Wildman–Crippen LogP) is -0.336. The van der Waals surface area contributed by atoms with Gasteiger partial charge in [-0.1, -0.05) is 0 Å². The lowest BCUT2D eigenvalue weighted by Crippen LogP contribution is -2.42. The van der Waals surface area contributed by atoms with Gasteiger partial charge in [-0.15, -0.1) is 0 Å². The maximum absolute atomic E-state index is 11.3. The first kappa shape index (κ1) is 12.0. The molecule has 0 aromatic heterocycles. The zero-order chi connectivity index (χ0) is 11.3. The Labute approximate surface area is 89.6 Å². The number of rotatable bonds is 6. The van der Waals surface area contributed by atoms with E-state index >= 15 is 0 Å². The van der Waals surface area contributed by atoms with Gasteiger partial charge in [-0.25, -0.2) is 0 Å². The molecule has 1 aliphatic rings. The van der Waals surface area contributed by atoms with E-state index in [1.165, 1.54) is 20.0 Å². The second kappa shape index (κ2) is 5.70. The Hall–Kier alpha value is -1.10. The van der Waals surface area contributed by atoms with Crippen LogP contribution in [0.3, 0.4) is 0 Å². The number of ether oxygens (including phenoxy) is 1. The van der Waals surface area contributed by atoms with E-state index in [0.717, 1.165) is 6.54 Å². The first-order chi connectivity index (χ1) is 7.13. The molecule has 1 rings (SSSR count). The Morgan fingerprint density at radius 1 is 1.47 bits per heavy atom. The van der Waals surface area contributed by atoms with Crippen molar-refractivity contribution >= 4 is 11.9 Å². The van der Waals surface area contributed by atoms with Crippen LogP contribution in [0.15, 0.2) is 0 Å². The van der Waals surface area contributed by atoms with Gasteiger partial charge in [0, 0.05) is 6.54 Å². The second-order valence-corrected chi connectivity index (χ2v) is 3.87. The van der Waals surface area contributed by atoms with Crippen LogP contribution in [0.2, 0.25) is 0 Å². The summed E-state index contributed by atoms with van der Waals surface area (Å²) in [7, 11) is 1.33. The molecule has 0 aliphatic heterocycles. The standard InChI is InChI=1S/C10H18N2O3/c1-7(10(14)15-2)11-6-9(13)12-5-8-3-4-8/h7-8,11H,3-6H2,1-2H3,(H,12,13). The molecule has 86 valence electrons. The van der Waals surface area contributed by atoms with Gasteiger partial charge in [0.15, 0.2) is 0 Å². The molecule has 5 heteroatoms. The molecule has 1 fully saturated rings. The van der Waals surface area contributed by atoms with Gasteiger partial charge in [0.05, 0.1) is 13.7 Å². The van der Waals surface area contributed by atoms with Crippen LogP contribution in [-0.2, 0) is 14.3 Å². The largest absolute Gasteiger partial charge is 0.468 e. The van der Waals surface area contributed by atoms with Crippen LogP contribution in [0, 0.1) is 5.92 Å². The van der Waals surface area contributed by atoms with Gasteiger partial charge in [0.1, 0.15) is 6.04 Å². The van der Waals surface area contributed by atoms with E-state index < -0.39 is 6.04 Å². The van der Waals surface area contributed by atoms with E-state index in [1.54, 1.807) is 6.92 Å². The summed E-state index contributed by atoms with van der Waals surface area (Å²) in [6.07, 6.45) is 2.43. The van der Waals surface area contributed by atoms with Crippen LogP contribution in [0.25, 0.3) is 0 Å². The first-order valence-electron chi connectivity index (χ1n) is 5.21. The monoisotopic (exact) mass is 214 g/mol. The third-order valence-corrected chi connectivity index (χ3v) is 2.41. The van der Waals surface area contributed by atoms with Gasteiger partial charge in [0.25, 0.3) is 0 Å². The summed E-state index contributed by atoms with van der Waals surface area (Å²) in [5.41, 5.74) is 0. The Bertz CT molecular complexity index is 239. The van der Waals surface area contributed by atoms with Crippen LogP contribution < -0.4 is 10.6 Å². The summed E-state index contributed by atoms with van der Waals surface area (Å²) in [6.45, 7) is 2.58. The van der Waals surface area contributed by atoms with Crippen LogP contribution >= 0.6 is 0 Å². The Morgan fingerprint density at radius 3 is 2.67 bits per heavy atom. The molecule has 0 aromatic carbocycles. The Morgan fingerprint density at radius 2 is 2.13 bits per heavy atom. The van der Waals surface area contributed by atoms with Crippen molar-refractivity contribution in [3.8, 4) is 0 Å². The summed E-state index contributed by atoms with van der Waals surface area (Å²) in [6, 6.07) is -0.443. The van der Waals surface area contributed by atoms with Gasteiger partial charge >= 0.3 is 5.97 Å². The van der Waals surface area contributed by atoms with Crippen molar-refractivity contribution in [1.29, 1.82) is 0 Å². The number of carbonyl (C=O) groups excluding carboxylic acids is 2. The minimum absolute atomic E-state index is 0.0716. The molecule has 0 radical (unpaired) electrons. The van der Waals surface area contributed by atoms with Crippen molar-refractivity contribution in [2.75, 3.05) is 20.2 Å². The molecular formula is C10H18N2O3. The summed E-state index contributed by atoms with van der Waals surface area (Å²) in [5.74, 6) is 0.245. The number of esters is 1. The Kier molecular flexibility index (Phi) is 4.55. The van der Waals surface area contributed by atoms with E-state index in [2.05, 4.69) is 15.4 Å². The van der Waals surface area contributed by atoms with Crippen LogP contribution in [0.4, 0.5) is 0 Å². The number of hydrogen-bond donors (Lipinski definition) is 2. The Balaban J connectivity index is 2.06. The highest BCUT2D eigenvalue weighted by molar-refractivity contribution is 5.80. The topological polar surface area (TPSA) is 67.4 Å². The molecule has 5 nitrogen and oxygen atoms in total. The summed E-state index contributed by atoms with van der Waals surface area (Å²) in [5, 5.41) is 5.59. The normalized spacial score (nSPS) is 16.9. The molecule has 1 aliphatic carbocycles. The van der Waals surface area contributed by atoms with Gasteiger partial charge in [-0.05, 0) is 25.7 Å². The van der Waals surface area contributed by atoms with Crippen molar-refractivity contribution in [3.05, 3.63) is 0 Å². The van der Waals surface area contributed by atoms with Crippen molar-refractivity contribution in [2.24, 2.45) is 5.92 Å². The molecule has 15 heavy (non-hydrogen) atoms. The fourth-order valence-corrected chi connectivity index (χ4v) is 1.15. The quantitative estimate of drug-likeness (QED) is 0.594. The van der Waals surface area contributed by atoms with Crippen molar-refractivity contribution in [3.63, 3.8) is 0 Å². The van der Waals surface area contributed by atoms with E-state index in [9.17, 15) is 9.59 Å². The average Bonchev–Trinajstić information content (AvgIpc) is 3.05. The molecule has 1 saturated carbocycles. The third-order valence-electron chi connectivity index (χ3n) is 2.41. The van der Waals surface area contributed by atoms with Crippen molar-refractivity contribution in [1.82, 2.24) is 10.6 Å². The SMILES string of the molecule is COC(=O)C(C)NCC(=O)NCC1CC1. The highest BCUT2D eigenvalue weighted by atomic mass is 16.5. The molecule has 0 bridgehead atoms. The van der Waals surface area contributed by atoms with Crippen LogP contribution in [-0.4, -0.2) is 38.1 Å². The molecule has 1 atom stereocenters. The fraction of sp³-hybridized carbons (Fsp3) is 0.800. The number of nitrogens with one attached hydrogen (secondary N) is 2. The van der Waals surface area contributed by atoms with E-state index in [-0.39, 0.29) is 18.4 Å². The number of carbonyl (C=O) groups is 2. The molecule has 0 heterocycles. The summed E-state index contributed by atoms with van der Waals surface area (Å²) in [4.78, 5) is 22.2. The van der Waals surface area contributed by atoms with Crippen LogP contribution in [0.5, 0.6) is 0 Å². The zero-order valence-corrected chi connectivity index (χ0v) is 9.21. The van der Waals surface area contributed by atoms with E-state index in [0.29, 0.717) is 5.92 Å². The second-order valence-electron chi connectivity index (χ2n) is 3.87. The minimum atomic E-state index is -0.443. The molecule has 1 unspecified atom stereocenters.